The summed E-state index contributed by atoms with van der Waals surface area (Å²) in [5, 5.41) is 19.2. The van der Waals surface area contributed by atoms with Crippen molar-refractivity contribution in [3.63, 3.8) is 0 Å². The third-order valence-electron chi connectivity index (χ3n) is 3.32. The Labute approximate surface area is 143 Å². The Bertz CT molecular complexity index is 806. The molecule has 5 nitrogen and oxygen atoms in total. The molecule has 1 atom stereocenters. The van der Waals surface area contributed by atoms with Crippen molar-refractivity contribution in [3.8, 4) is 11.8 Å². The molecule has 1 aromatic heterocycles. The molecule has 2 aromatic carbocycles. The summed E-state index contributed by atoms with van der Waals surface area (Å²) >= 11 is 1.35. The first-order valence-electron chi connectivity index (χ1n) is 7.50. The van der Waals surface area contributed by atoms with Gasteiger partial charge >= 0.3 is 0 Å². The van der Waals surface area contributed by atoms with E-state index in [2.05, 4.69) is 11.1 Å². The third kappa shape index (κ3) is 4.28. The number of aliphatic hydroxyl groups is 1. The summed E-state index contributed by atoms with van der Waals surface area (Å²) < 4.78 is 11.1. The molecule has 3 aromatic rings. The maximum atomic E-state index is 10.0. The Hall–Kier alpha value is -2.49. The smallest absolute Gasteiger partial charge is 0.256 e. The molecule has 0 bridgehead atoms. The number of nitrogens with zero attached hydrogens (tertiary/aromatic N) is 2. The van der Waals surface area contributed by atoms with Crippen molar-refractivity contribution < 1.29 is 14.3 Å². The van der Waals surface area contributed by atoms with Gasteiger partial charge in [-0.2, -0.15) is 5.26 Å². The Morgan fingerprint density at radius 1 is 1.21 bits per heavy atom. The van der Waals surface area contributed by atoms with E-state index in [1.807, 2.05) is 36.4 Å². The standard InChI is InChI=1S/C18H16N2O3S/c19-10-9-13-5-7-15(8-6-13)22-11-14(21)12-24-18-20-16-3-1-2-4-17(16)23-18/h1-8,14,21H,9,11-12H2/t14-/m0/s1. The van der Waals surface area contributed by atoms with E-state index < -0.39 is 6.10 Å². The van der Waals surface area contributed by atoms with E-state index >= 15 is 0 Å². The van der Waals surface area contributed by atoms with Crippen LogP contribution in [0.15, 0.2) is 58.2 Å². The summed E-state index contributed by atoms with van der Waals surface area (Å²) in [6.07, 6.45) is -0.256. The molecule has 0 aliphatic carbocycles. The zero-order valence-electron chi connectivity index (χ0n) is 12.9. The fourth-order valence-corrected chi connectivity index (χ4v) is 2.86. The molecule has 0 saturated carbocycles. The molecule has 24 heavy (non-hydrogen) atoms. The van der Waals surface area contributed by atoms with Crippen molar-refractivity contribution in [2.24, 2.45) is 0 Å². The second kappa shape index (κ2) is 7.86. The van der Waals surface area contributed by atoms with E-state index in [0.29, 0.717) is 23.1 Å². The summed E-state index contributed by atoms with van der Waals surface area (Å²) in [5.74, 6) is 1.10. The van der Waals surface area contributed by atoms with Crippen LogP contribution in [0.5, 0.6) is 5.75 Å². The number of nitriles is 1. The normalized spacial score (nSPS) is 12.0. The Balaban J connectivity index is 1.47. The number of thioether (sulfide) groups is 1. The zero-order valence-corrected chi connectivity index (χ0v) is 13.7. The highest BCUT2D eigenvalue weighted by atomic mass is 32.2. The second-order valence-electron chi connectivity index (χ2n) is 5.20. The molecule has 122 valence electrons. The molecular weight excluding hydrogens is 324 g/mol. The number of oxazole rings is 1. The lowest BCUT2D eigenvalue weighted by molar-refractivity contribution is 0.126. The molecule has 0 aliphatic heterocycles. The van der Waals surface area contributed by atoms with Crippen molar-refractivity contribution in [1.29, 1.82) is 5.26 Å². The predicted molar refractivity (Wildman–Crippen MR) is 92.0 cm³/mol. The van der Waals surface area contributed by atoms with E-state index in [4.69, 9.17) is 14.4 Å². The number of hydrogen-bond acceptors (Lipinski definition) is 6. The van der Waals surface area contributed by atoms with Gasteiger partial charge in [0, 0.05) is 5.75 Å². The lowest BCUT2D eigenvalue weighted by atomic mass is 10.2. The minimum atomic E-state index is -0.635. The molecular formula is C18H16N2O3S. The van der Waals surface area contributed by atoms with Gasteiger partial charge in [0.1, 0.15) is 17.9 Å². The highest BCUT2D eigenvalue weighted by molar-refractivity contribution is 7.99. The first-order chi connectivity index (χ1) is 11.7. The van der Waals surface area contributed by atoms with Gasteiger partial charge in [0.2, 0.25) is 0 Å². The number of ether oxygens (including phenoxy) is 1. The Morgan fingerprint density at radius 2 is 2.00 bits per heavy atom. The van der Waals surface area contributed by atoms with Gasteiger partial charge in [0.25, 0.3) is 5.22 Å². The van der Waals surface area contributed by atoms with Gasteiger partial charge < -0.3 is 14.3 Å². The number of fused-ring (bicyclic) bond motifs is 1. The van der Waals surface area contributed by atoms with Crippen LogP contribution in [0.4, 0.5) is 0 Å². The fraction of sp³-hybridized carbons (Fsp3) is 0.222. The van der Waals surface area contributed by atoms with Crippen LogP contribution in [0.1, 0.15) is 5.56 Å². The van der Waals surface area contributed by atoms with Crippen LogP contribution in [0, 0.1) is 11.3 Å². The molecule has 0 amide bonds. The molecule has 0 fully saturated rings. The molecule has 3 rings (SSSR count). The average molecular weight is 340 g/mol. The van der Waals surface area contributed by atoms with Crippen LogP contribution in [0.2, 0.25) is 0 Å². The number of aromatic nitrogens is 1. The first kappa shape index (κ1) is 16.4. The van der Waals surface area contributed by atoms with Crippen LogP contribution in [-0.4, -0.2) is 28.6 Å². The lowest BCUT2D eigenvalue weighted by Gasteiger charge is -2.11. The van der Waals surface area contributed by atoms with E-state index in [1.54, 1.807) is 12.1 Å². The van der Waals surface area contributed by atoms with E-state index in [9.17, 15) is 5.11 Å². The largest absolute Gasteiger partial charge is 0.491 e. The second-order valence-corrected chi connectivity index (χ2v) is 6.17. The third-order valence-corrected chi connectivity index (χ3v) is 4.30. The summed E-state index contributed by atoms with van der Waals surface area (Å²) in [5.41, 5.74) is 2.49. The van der Waals surface area contributed by atoms with E-state index in [-0.39, 0.29) is 6.61 Å². The summed E-state index contributed by atoms with van der Waals surface area (Å²) in [7, 11) is 0. The molecule has 6 heteroatoms. The van der Waals surface area contributed by atoms with Crippen molar-refractivity contribution in [3.05, 3.63) is 54.1 Å². The van der Waals surface area contributed by atoms with Crippen LogP contribution >= 0.6 is 11.8 Å². The number of aliphatic hydroxyl groups excluding tert-OH is 1. The van der Waals surface area contributed by atoms with Gasteiger partial charge in [0.15, 0.2) is 5.58 Å². The zero-order chi connectivity index (χ0) is 16.8. The highest BCUT2D eigenvalue weighted by Gasteiger charge is 2.11. The van der Waals surface area contributed by atoms with Crippen LogP contribution in [-0.2, 0) is 6.42 Å². The summed E-state index contributed by atoms with van der Waals surface area (Å²) in [6.45, 7) is 0.185. The van der Waals surface area contributed by atoms with Gasteiger partial charge in [0.05, 0.1) is 18.6 Å². The molecule has 1 heterocycles. The van der Waals surface area contributed by atoms with Gasteiger partial charge in [-0.05, 0) is 29.8 Å². The summed E-state index contributed by atoms with van der Waals surface area (Å²) in [6, 6.07) is 16.9. The first-order valence-corrected chi connectivity index (χ1v) is 8.48. The van der Waals surface area contributed by atoms with Crippen LogP contribution < -0.4 is 4.74 Å². The van der Waals surface area contributed by atoms with E-state index in [1.165, 1.54) is 11.8 Å². The molecule has 0 spiro atoms. The number of benzene rings is 2. The topological polar surface area (TPSA) is 79.3 Å². The van der Waals surface area contributed by atoms with Gasteiger partial charge in [-0.25, -0.2) is 4.98 Å². The molecule has 0 saturated heterocycles. The summed E-state index contributed by atoms with van der Waals surface area (Å²) in [4.78, 5) is 4.35. The predicted octanol–water partition coefficient (Wildman–Crippen LogP) is 3.43. The SMILES string of the molecule is N#CCc1ccc(OC[C@H](O)CSc2nc3ccccc3o2)cc1. The average Bonchev–Trinajstić information content (AvgIpc) is 3.02. The van der Waals surface area contributed by atoms with Crippen LogP contribution in [0.3, 0.4) is 0 Å². The molecule has 1 N–H and O–H groups in total. The molecule has 0 aliphatic rings. The maximum Gasteiger partial charge on any atom is 0.256 e. The Kier molecular flexibility index (Phi) is 5.36. The monoisotopic (exact) mass is 340 g/mol. The van der Waals surface area contributed by atoms with Gasteiger partial charge in [-0.15, -0.1) is 0 Å². The van der Waals surface area contributed by atoms with Gasteiger partial charge in [-0.3, -0.25) is 0 Å². The highest BCUT2D eigenvalue weighted by Crippen LogP contribution is 2.23. The number of para-hydroxylation sites is 2. The fourth-order valence-electron chi connectivity index (χ4n) is 2.12. The quantitative estimate of drug-likeness (QED) is 0.664. The number of rotatable bonds is 7. The number of hydrogen-bond donors (Lipinski definition) is 1. The minimum absolute atomic E-state index is 0.185. The van der Waals surface area contributed by atoms with Gasteiger partial charge in [-0.1, -0.05) is 36.0 Å². The Morgan fingerprint density at radius 3 is 2.75 bits per heavy atom. The lowest BCUT2D eigenvalue weighted by Crippen LogP contribution is -2.20. The minimum Gasteiger partial charge on any atom is -0.491 e. The van der Waals surface area contributed by atoms with E-state index in [0.717, 1.165) is 16.7 Å². The molecule has 0 radical (unpaired) electrons. The van der Waals surface area contributed by atoms with Crippen molar-refractivity contribution in [2.75, 3.05) is 12.4 Å². The van der Waals surface area contributed by atoms with Crippen molar-refractivity contribution in [2.45, 2.75) is 17.7 Å². The van der Waals surface area contributed by atoms with Crippen molar-refractivity contribution in [1.82, 2.24) is 4.98 Å². The molecule has 0 unspecified atom stereocenters. The van der Waals surface area contributed by atoms with Crippen LogP contribution in [0.25, 0.3) is 11.1 Å². The maximum absolute atomic E-state index is 10.0. The van der Waals surface area contributed by atoms with Crippen molar-refractivity contribution >= 4 is 22.9 Å².